The van der Waals surface area contributed by atoms with Gasteiger partial charge in [-0.05, 0) is 35.1 Å². The van der Waals surface area contributed by atoms with Gasteiger partial charge in [-0.2, -0.15) is 0 Å². The zero-order chi connectivity index (χ0) is 42.4. The molecule has 0 spiro atoms. The van der Waals surface area contributed by atoms with Crippen LogP contribution in [-0.2, 0) is 26.5 Å². The van der Waals surface area contributed by atoms with Crippen LogP contribution in [-0.4, -0.2) is 32.8 Å². The van der Waals surface area contributed by atoms with E-state index < -0.39 is 25.1 Å². The third-order valence-electron chi connectivity index (χ3n) is 9.97. The summed E-state index contributed by atoms with van der Waals surface area (Å²) >= 11 is -2.41. The molecule has 0 aliphatic rings. The normalized spacial score (nSPS) is 12.6. The predicted molar refractivity (Wildman–Crippen MR) is 238 cm³/mol. The third-order valence-corrected chi connectivity index (χ3v) is 14.2. The first-order valence-corrected chi connectivity index (χ1v) is 27.0. The Bertz CT molecular complexity index is 2840. The van der Waals surface area contributed by atoms with Crippen LogP contribution in [0, 0.1) is 28.9 Å². The molecule has 0 fully saturated rings. The summed E-state index contributed by atoms with van der Waals surface area (Å²) in [7, 11) is 0. The fourth-order valence-corrected chi connectivity index (χ4v) is 10.2. The Morgan fingerprint density at radius 2 is 1.55 bits per heavy atom. The molecule has 4 aromatic heterocycles. The molecule has 297 valence electrons. The predicted octanol–water partition coefficient (Wildman–Crippen LogP) is 12.6. The molecule has 1 radical (unpaired) electrons. The summed E-state index contributed by atoms with van der Waals surface area (Å²) in [6.45, 7) is 14.8. The van der Waals surface area contributed by atoms with E-state index in [0.29, 0.717) is 45.6 Å². The number of benzene rings is 4. The van der Waals surface area contributed by atoms with E-state index >= 15 is 0 Å². The second-order valence-corrected chi connectivity index (χ2v) is 27.8. The van der Waals surface area contributed by atoms with Gasteiger partial charge in [0, 0.05) is 25.8 Å². The van der Waals surface area contributed by atoms with E-state index in [9.17, 15) is 0 Å². The fourth-order valence-electron chi connectivity index (χ4n) is 7.31. The summed E-state index contributed by atoms with van der Waals surface area (Å²) in [5.74, 6) is 8.56. The average molecular weight is 1000 g/mol. The minimum Gasteiger partial charge on any atom is 0 e. The molecule has 0 unspecified atom stereocenters. The molecule has 58 heavy (non-hydrogen) atoms. The van der Waals surface area contributed by atoms with Gasteiger partial charge in [-0.15, -0.1) is 35.9 Å². The van der Waals surface area contributed by atoms with Crippen LogP contribution < -0.4 is 4.40 Å². The van der Waals surface area contributed by atoms with Crippen LogP contribution in [0.4, 0.5) is 0 Å². The number of hydrogen-bond donors (Lipinski definition) is 0. The molecule has 0 aliphatic heterocycles. The summed E-state index contributed by atoms with van der Waals surface area (Å²) in [6.07, 6.45) is 0.319. The summed E-state index contributed by atoms with van der Waals surface area (Å²) in [5.41, 5.74) is 9.81. The molecule has 8 heteroatoms. The zero-order valence-corrected chi connectivity index (χ0v) is 39.4. The number of nitriles is 1. The maximum absolute atomic E-state index is 9.17. The van der Waals surface area contributed by atoms with Crippen molar-refractivity contribution in [1.29, 1.82) is 5.26 Å². The number of para-hydroxylation sites is 3. The van der Waals surface area contributed by atoms with Gasteiger partial charge in [0.25, 0.3) is 0 Å². The monoisotopic (exact) mass is 1010 g/mol. The molecule has 8 rings (SSSR count). The first-order chi connectivity index (χ1) is 27.9. The Morgan fingerprint density at radius 3 is 2.19 bits per heavy atom. The van der Waals surface area contributed by atoms with E-state index in [0.717, 1.165) is 37.6 Å². The Balaban J connectivity index is 0.000000200. The molecular weight excluding hydrogens is 951 g/mol. The zero-order valence-electron chi connectivity index (χ0n) is 36.9. The van der Waals surface area contributed by atoms with Crippen molar-refractivity contribution < 1.29 is 27.3 Å². The molecule has 0 bridgehead atoms. The van der Waals surface area contributed by atoms with Gasteiger partial charge in [-0.1, -0.05) is 58.0 Å². The molecular formula is C50H51GeIrN5O-2. The van der Waals surface area contributed by atoms with Gasteiger partial charge < -0.3 is 4.57 Å². The van der Waals surface area contributed by atoms with Crippen molar-refractivity contribution in [3.8, 4) is 34.4 Å². The summed E-state index contributed by atoms with van der Waals surface area (Å²) < 4.78 is 27.4. The van der Waals surface area contributed by atoms with Crippen molar-refractivity contribution in [2.75, 3.05) is 0 Å². The van der Waals surface area contributed by atoms with E-state index in [1.807, 2.05) is 75.5 Å². The maximum Gasteiger partial charge on any atom is 0 e. The van der Waals surface area contributed by atoms with Crippen molar-refractivity contribution >= 4 is 50.8 Å². The summed E-state index contributed by atoms with van der Waals surface area (Å²) in [6, 6.07) is 40.9. The number of imidazole rings is 1. The number of furan rings is 1. The third kappa shape index (κ3) is 8.76. The topological polar surface area (TPSA) is 80.5 Å². The van der Waals surface area contributed by atoms with E-state index in [1.54, 1.807) is 6.07 Å². The summed E-state index contributed by atoms with van der Waals surface area (Å²) in [5, 5.41) is 10.9. The Morgan fingerprint density at radius 1 is 0.845 bits per heavy atom. The van der Waals surface area contributed by atoms with Crippen molar-refractivity contribution in [3.63, 3.8) is 0 Å². The second-order valence-electron chi connectivity index (χ2n) is 17.2. The van der Waals surface area contributed by atoms with Crippen molar-refractivity contribution in [2.45, 2.75) is 83.9 Å². The van der Waals surface area contributed by atoms with Crippen LogP contribution in [0.5, 0.6) is 0 Å². The quantitative estimate of drug-likeness (QED) is 0.117. The molecule has 0 aliphatic carbocycles. The standard InChI is InChI=1S/C25H26GeN3O.C25H25N2.Ir/c1-25(2,3)13-16-12-22(28-15-21(16)26(4,5)6)20-9-7-8-18-19-11-10-17(14-27)29-24(19)30-23(18)20;1-17(2)20-13-10-14-21(18(3)4)24(20)27-23-16-9-8-15-22(23)26-25(27)19-11-6-5-7-12-19;/h7-8,10-12,15H,13H2,1-6H3;5-11,13-18H,1-4H3;/q2*-1;/i13D2;;. The number of pyridine rings is 2. The van der Waals surface area contributed by atoms with Crippen LogP contribution in [0.1, 0.15) is 85.4 Å². The number of hydrogen-bond acceptors (Lipinski definition) is 5. The maximum atomic E-state index is 9.17. The van der Waals surface area contributed by atoms with Crippen LogP contribution >= 0.6 is 0 Å². The van der Waals surface area contributed by atoms with Crippen LogP contribution in [0.3, 0.4) is 0 Å². The molecule has 0 saturated heterocycles. The van der Waals surface area contributed by atoms with E-state index in [2.05, 4.69) is 115 Å². The van der Waals surface area contributed by atoms with E-state index in [1.165, 1.54) is 16.8 Å². The minimum atomic E-state index is -2.41. The van der Waals surface area contributed by atoms with Gasteiger partial charge in [0.2, 0.25) is 0 Å². The van der Waals surface area contributed by atoms with Crippen LogP contribution in [0.25, 0.3) is 61.4 Å². The largest absolute Gasteiger partial charge is 0 e. The number of nitrogens with zero attached hydrogens (tertiary/aromatic N) is 5. The first-order valence-electron chi connectivity index (χ1n) is 20.7. The molecule has 0 amide bonds. The fraction of sp³-hybridized carbons (Fsp3) is 0.280. The molecule has 4 aromatic carbocycles. The molecule has 4 heterocycles. The SMILES string of the molecule is CC(C)c1cccc(C(C)C)c1-n1c(-c2[c-]cccc2)nc2ccccc21.[2H]C([2H])(c1cc(-c2[c-]ccc3c2oc2nc(C#N)ccc23)nc[c]1[Ge]([CH3])([CH3])[CH3])C(C)(C)C.[Ir]. The van der Waals surface area contributed by atoms with E-state index in [-0.39, 0.29) is 20.1 Å². The van der Waals surface area contributed by atoms with Gasteiger partial charge in [0.1, 0.15) is 0 Å². The molecule has 0 N–H and O–H groups in total. The van der Waals surface area contributed by atoms with E-state index in [4.69, 9.17) is 22.4 Å². The number of fused-ring (bicyclic) bond motifs is 4. The number of aromatic nitrogens is 4. The average Bonchev–Trinajstić information content (AvgIpc) is 3.78. The van der Waals surface area contributed by atoms with Gasteiger partial charge in [0.05, 0.1) is 16.9 Å². The van der Waals surface area contributed by atoms with Crippen LogP contribution in [0.2, 0.25) is 17.3 Å². The second kappa shape index (κ2) is 17.2. The number of rotatable bonds is 7. The molecule has 0 atom stereocenters. The van der Waals surface area contributed by atoms with Crippen molar-refractivity contribution in [2.24, 2.45) is 5.41 Å². The van der Waals surface area contributed by atoms with Crippen molar-refractivity contribution in [1.82, 2.24) is 19.5 Å². The van der Waals surface area contributed by atoms with Gasteiger partial charge >= 0.3 is 183 Å². The van der Waals surface area contributed by atoms with Gasteiger partial charge in [-0.3, -0.25) is 4.98 Å². The Labute approximate surface area is 362 Å². The first kappa shape index (κ1) is 39.9. The molecule has 6 nitrogen and oxygen atoms in total. The van der Waals surface area contributed by atoms with Crippen molar-refractivity contribution in [3.05, 3.63) is 138 Å². The van der Waals surface area contributed by atoms with Gasteiger partial charge in [-0.25, -0.2) is 0 Å². The van der Waals surface area contributed by atoms with Gasteiger partial charge in [0.15, 0.2) is 0 Å². The van der Waals surface area contributed by atoms with Crippen LogP contribution in [0.15, 0.2) is 108 Å². The Hall–Kier alpha value is -4.87. The smallest absolute Gasteiger partial charge is 0 e. The Kier molecular flexibility index (Phi) is 11.8. The molecule has 8 aromatic rings. The minimum absolute atomic E-state index is 0. The summed E-state index contributed by atoms with van der Waals surface area (Å²) in [4.78, 5) is 14.0. The molecule has 0 saturated carbocycles.